The number of phenols is 2. The maximum Gasteiger partial charge on any atom is 0.408 e. The molecule has 7 rings (SSSR count). The maximum absolute atomic E-state index is 14.8. The number of hydrogen-bond donors (Lipinski definition) is 9. The summed E-state index contributed by atoms with van der Waals surface area (Å²) in [6.45, 7) is 9.23. The first kappa shape index (κ1) is 56.2. The molecule has 2 heterocycles. The second-order valence-electron chi connectivity index (χ2n) is 20.0. The van der Waals surface area contributed by atoms with E-state index in [0.717, 1.165) is 11.1 Å². The largest absolute Gasteiger partial charge is 0.508 e. The van der Waals surface area contributed by atoms with Gasteiger partial charge in [0, 0.05) is 73.2 Å². The second kappa shape index (κ2) is 24.4. The molecule has 0 unspecified atom stereocenters. The minimum absolute atomic E-state index is 0.00118. The van der Waals surface area contributed by atoms with Gasteiger partial charge in [0.05, 0.1) is 5.56 Å². The van der Waals surface area contributed by atoms with Crippen LogP contribution in [0.5, 0.6) is 11.5 Å². The number of fused-ring (bicyclic) bond motifs is 3. The average molecular weight is 1070 g/mol. The number of aromatic hydroxyl groups is 2. The van der Waals surface area contributed by atoms with Crippen molar-refractivity contribution in [1.29, 1.82) is 0 Å². The van der Waals surface area contributed by atoms with Crippen LogP contribution in [0.2, 0.25) is 0 Å². The van der Waals surface area contributed by atoms with E-state index < -0.39 is 65.9 Å². The van der Waals surface area contributed by atoms with E-state index >= 15 is 0 Å². The number of aliphatic carboxylic acids is 1. The Bertz CT molecular complexity index is 3250. The number of benzene rings is 5. The fraction of sp³-hybridized carbons (Fsp3) is 0.333. The molecule has 20 heteroatoms. The quantitative estimate of drug-likeness (QED) is 0.0218. The molecular weight excluding hydrogens is 1010 g/mol. The summed E-state index contributed by atoms with van der Waals surface area (Å²) < 4.78 is 11.5. The van der Waals surface area contributed by atoms with Crippen molar-refractivity contribution in [1.82, 2.24) is 26.2 Å². The highest BCUT2D eigenvalue weighted by Crippen LogP contribution is 2.42. The van der Waals surface area contributed by atoms with Crippen molar-refractivity contribution < 1.29 is 58.3 Å². The van der Waals surface area contributed by atoms with Gasteiger partial charge in [0.2, 0.25) is 17.7 Å². The predicted molar refractivity (Wildman–Crippen MR) is 292 cm³/mol. The standard InChI is InChI=1S/C57H62N6O13S/c1-31-23-38(66)24-32(2)42(31)29-45(62-56(74)76-57(3,4)5)53(71)63-30-34-12-8-7-11-33(34)25-46(63)52(70)61-44(19-20-49(67)68)51(69)58-21-9-6-10-22-59-55(77)60-35-13-16-39(43(26-35)54(72)73)50-40-17-14-36(64)27-47(40)75-48-28-37(65)15-18-41(48)50/h7-8,11-18,23-24,26-28,44-46,64,66H,6,9-10,19-22,25,29-30H2,1-5H3,(H,58,69)(H,61,70)(H,62,74)(H,67,68)(H,72,73)(H2,59,60,77)/t44-,45-,46-/m0/s1. The fourth-order valence-electron chi connectivity index (χ4n) is 9.45. The predicted octanol–water partition coefficient (Wildman–Crippen LogP) is 7.30. The van der Waals surface area contributed by atoms with Crippen LogP contribution in [0.3, 0.4) is 0 Å². The van der Waals surface area contributed by atoms with Crippen LogP contribution in [0.15, 0.2) is 100 Å². The van der Waals surface area contributed by atoms with Gasteiger partial charge < -0.3 is 61.1 Å². The van der Waals surface area contributed by atoms with Crippen molar-refractivity contribution in [3.63, 3.8) is 0 Å². The topological polar surface area (TPSA) is 286 Å². The summed E-state index contributed by atoms with van der Waals surface area (Å²) in [5.41, 5.74) is 4.40. The molecule has 19 nitrogen and oxygen atoms in total. The number of nitrogens with zero attached hydrogens (tertiary/aromatic N) is 1. The van der Waals surface area contributed by atoms with Crippen LogP contribution in [0.25, 0.3) is 33.4 Å². The van der Waals surface area contributed by atoms with Crippen molar-refractivity contribution in [2.75, 3.05) is 18.4 Å². The number of aryl methyl sites for hydroxylation is 2. The third-order valence-corrected chi connectivity index (χ3v) is 13.3. The van der Waals surface area contributed by atoms with Gasteiger partial charge in [0.1, 0.15) is 46.6 Å². The van der Waals surface area contributed by atoms with Gasteiger partial charge in [-0.05, 0) is 154 Å². The van der Waals surface area contributed by atoms with Gasteiger partial charge in [-0.1, -0.05) is 30.3 Å². The molecule has 0 saturated heterocycles. The summed E-state index contributed by atoms with van der Waals surface area (Å²) >= 11 is 5.52. The zero-order valence-corrected chi connectivity index (χ0v) is 44.1. The number of amides is 4. The first-order valence-electron chi connectivity index (χ1n) is 25.1. The molecule has 4 amide bonds. The van der Waals surface area contributed by atoms with Crippen LogP contribution in [-0.4, -0.2) is 103 Å². The number of anilines is 1. The Hall–Kier alpha value is -8.52. The Labute approximate surface area is 449 Å². The van der Waals surface area contributed by atoms with E-state index in [0.29, 0.717) is 70.3 Å². The number of phenolic OH excluding ortho intramolecular Hbond substituents is 2. The van der Waals surface area contributed by atoms with E-state index in [1.54, 1.807) is 71.0 Å². The average Bonchev–Trinajstić information content (AvgIpc) is 3.38. The van der Waals surface area contributed by atoms with Crippen molar-refractivity contribution >= 4 is 69.7 Å². The molecule has 3 atom stereocenters. The third kappa shape index (κ3) is 14.5. The van der Waals surface area contributed by atoms with Crippen LogP contribution in [0.1, 0.15) is 91.1 Å². The molecule has 4 aromatic rings. The zero-order valence-electron chi connectivity index (χ0n) is 43.3. The number of carboxylic acids is 2. The number of carboxylic acid groups (broad SMARTS) is 2. The summed E-state index contributed by atoms with van der Waals surface area (Å²) in [5, 5.41) is 55.5. The lowest BCUT2D eigenvalue weighted by molar-refractivity contribution is -0.144. The van der Waals surface area contributed by atoms with Crippen LogP contribution < -0.4 is 32.0 Å². The molecule has 0 spiro atoms. The van der Waals surface area contributed by atoms with Gasteiger partial charge in [0.15, 0.2) is 10.5 Å². The van der Waals surface area contributed by atoms with Gasteiger partial charge >= 0.3 is 18.0 Å². The first-order chi connectivity index (χ1) is 36.5. The molecule has 0 bridgehead atoms. The number of rotatable bonds is 19. The molecule has 3 aliphatic rings. The summed E-state index contributed by atoms with van der Waals surface area (Å²) in [6.07, 6.45) is 0.297. The highest BCUT2D eigenvalue weighted by atomic mass is 32.1. The van der Waals surface area contributed by atoms with Crippen LogP contribution >= 0.6 is 12.2 Å². The lowest BCUT2D eigenvalue weighted by Gasteiger charge is -2.38. The first-order valence-corrected chi connectivity index (χ1v) is 25.5. The van der Waals surface area contributed by atoms with Gasteiger partial charge in [-0.3, -0.25) is 24.0 Å². The van der Waals surface area contributed by atoms with Gasteiger partial charge in [-0.2, -0.15) is 0 Å². The van der Waals surface area contributed by atoms with E-state index in [2.05, 4.69) is 26.6 Å². The van der Waals surface area contributed by atoms with Gasteiger partial charge in [-0.25, -0.2) is 9.59 Å². The molecule has 0 aromatic heterocycles. The molecule has 2 aliphatic heterocycles. The SMILES string of the molecule is Cc1cc(O)cc(C)c1C[C@H](NC(=O)OC(C)(C)C)C(=O)N1Cc2ccccc2C[C@H]1C(=O)N[C@@H](CCC(=O)O)C(=O)NCCCCCNC(=S)Nc1ccc(-c2c3ccc(=O)cc-3oc3cc(O)ccc23)c(C(=O)O)c1. The molecule has 1 aliphatic carbocycles. The molecule has 4 aromatic carbocycles. The lowest BCUT2D eigenvalue weighted by atomic mass is 9.90. The van der Waals surface area contributed by atoms with Crippen molar-refractivity contribution in [3.05, 3.63) is 135 Å². The van der Waals surface area contributed by atoms with E-state index in [-0.39, 0.29) is 71.3 Å². The zero-order chi connectivity index (χ0) is 55.7. The number of unbranched alkanes of at least 4 members (excludes halogenated alkanes) is 2. The van der Waals surface area contributed by atoms with E-state index in [9.17, 15) is 54.0 Å². The monoisotopic (exact) mass is 1070 g/mol. The fourth-order valence-corrected chi connectivity index (χ4v) is 9.67. The highest BCUT2D eigenvalue weighted by molar-refractivity contribution is 7.80. The molecule has 0 fully saturated rings. The van der Waals surface area contributed by atoms with Crippen LogP contribution in [0.4, 0.5) is 10.5 Å². The molecule has 77 heavy (non-hydrogen) atoms. The Balaban J connectivity index is 0.961. The Morgan fingerprint density at radius 2 is 1.48 bits per heavy atom. The van der Waals surface area contributed by atoms with E-state index in [1.165, 1.54) is 35.2 Å². The number of carbonyl (C=O) groups is 6. The van der Waals surface area contributed by atoms with Gasteiger partial charge in [-0.15, -0.1) is 0 Å². The van der Waals surface area contributed by atoms with Crippen molar-refractivity contribution in [2.45, 2.75) is 110 Å². The molecule has 0 radical (unpaired) electrons. The molecular formula is C57H62N6O13S. The normalized spacial score (nSPS) is 13.9. The van der Waals surface area contributed by atoms with E-state index in [1.807, 2.05) is 24.3 Å². The van der Waals surface area contributed by atoms with Crippen molar-refractivity contribution in [2.24, 2.45) is 0 Å². The highest BCUT2D eigenvalue weighted by Gasteiger charge is 2.40. The lowest BCUT2D eigenvalue weighted by Crippen LogP contribution is -2.60. The van der Waals surface area contributed by atoms with Crippen LogP contribution in [-0.2, 0) is 43.3 Å². The number of hydrogen-bond acceptors (Lipinski definition) is 12. The number of alkyl carbamates (subject to hydrolysis) is 1. The number of aromatic carboxylic acids is 1. The Morgan fingerprint density at radius 3 is 2.17 bits per heavy atom. The molecule has 0 saturated carbocycles. The summed E-state index contributed by atoms with van der Waals surface area (Å²) in [5.74, 6) is -4.08. The van der Waals surface area contributed by atoms with Crippen LogP contribution in [0, 0.1) is 13.8 Å². The number of ether oxygens (including phenoxy) is 1. The smallest absolute Gasteiger partial charge is 0.408 e. The minimum atomic E-state index is -1.27. The number of thiocarbonyl (C=S) groups is 1. The Kier molecular flexibility index (Phi) is 17.8. The Morgan fingerprint density at radius 1 is 0.792 bits per heavy atom. The molecule has 404 valence electrons. The van der Waals surface area contributed by atoms with Gasteiger partial charge in [0.25, 0.3) is 0 Å². The number of carbonyl (C=O) groups excluding carboxylic acids is 4. The summed E-state index contributed by atoms with van der Waals surface area (Å²) in [7, 11) is 0. The molecule has 9 N–H and O–H groups in total. The summed E-state index contributed by atoms with van der Waals surface area (Å²) in [4.78, 5) is 94.2. The minimum Gasteiger partial charge on any atom is -0.508 e. The third-order valence-electron chi connectivity index (χ3n) is 13.1. The summed E-state index contributed by atoms with van der Waals surface area (Å²) in [6, 6.07) is 20.2. The number of nitrogens with one attached hydrogen (secondary N) is 5. The maximum atomic E-state index is 14.8. The van der Waals surface area contributed by atoms with E-state index in [4.69, 9.17) is 21.4 Å². The second-order valence-corrected chi connectivity index (χ2v) is 20.4. The van der Waals surface area contributed by atoms with Crippen molar-refractivity contribution in [3.8, 4) is 33.9 Å².